The Kier molecular flexibility index (Phi) is 5.77. The molecule has 0 spiro atoms. The van der Waals surface area contributed by atoms with E-state index in [9.17, 15) is 4.79 Å². The minimum atomic E-state index is -0.463. The Hall–Kier alpha value is -3.74. The quantitative estimate of drug-likeness (QED) is 0.443. The first-order chi connectivity index (χ1) is 16.4. The molecule has 3 heterocycles. The summed E-state index contributed by atoms with van der Waals surface area (Å²) in [6.45, 7) is 3.44. The van der Waals surface area contributed by atoms with Crippen LogP contribution in [-0.4, -0.2) is 52.8 Å². The van der Waals surface area contributed by atoms with Crippen LogP contribution in [0.2, 0.25) is 5.02 Å². The fourth-order valence-electron chi connectivity index (χ4n) is 4.14. The number of hydrogen-bond acceptors (Lipinski definition) is 7. The third-order valence-corrected chi connectivity index (χ3v) is 6.27. The molecule has 1 aliphatic heterocycles. The lowest BCUT2D eigenvalue weighted by Crippen LogP contribution is -2.44. The second-order valence-corrected chi connectivity index (χ2v) is 8.71. The average molecular weight is 479 g/mol. The molecule has 10 heteroatoms. The van der Waals surface area contributed by atoms with Gasteiger partial charge in [0.2, 0.25) is 11.3 Å². The average Bonchev–Trinajstić information content (AvgIpc) is 3.32. The lowest BCUT2D eigenvalue weighted by atomic mass is 10.1. The zero-order valence-electron chi connectivity index (χ0n) is 18.3. The number of rotatable bonds is 4. The molecule has 0 atom stereocenters. The van der Waals surface area contributed by atoms with Crippen LogP contribution in [0, 0.1) is 17.1 Å². The molecule has 2 aromatic heterocycles. The number of halogens is 2. The van der Waals surface area contributed by atoms with Crippen LogP contribution in [0.4, 0.5) is 10.1 Å². The summed E-state index contributed by atoms with van der Waals surface area (Å²) >= 11 is 6.03. The van der Waals surface area contributed by atoms with Gasteiger partial charge in [-0.05, 0) is 36.9 Å². The van der Waals surface area contributed by atoms with Gasteiger partial charge in [0.15, 0.2) is 6.07 Å². The van der Waals surface area contributed by atoms with E-state index in [1.165, 1.54) is 6.07 Å². The Morgan fingerprint density at radius 2 is 1.91 bits per heavy atom. The Morgan fingerprint density at radius 3 is 2.59 bits per heavy atom. The van der Waals surface area contributed by atoms with Gasteiger partial charge in [-0.2, -0.15) is 10.2 Å². The lowest BCUT2D eigenvalue weighted by molar-refractivity contribution is 0.312. The van der Waals surface area contributed by atoms with Gasteiger partial charge in [-0.3, -0.25) is 4.79 Å². The van der Waals surface area contributed by atoms with Crippen LogP contribution in [-0.2, 0) is 6.54 Å². The van der Waals surface area contributed by atoms with E-state index in [4.69, 9.17) is 21.4 Å². The van der Waals surface area contributed by atoms with Crippen molar-refractivity contribution < 1.29 is 8.91 Å². The SMILES string of the molecule is CN1CCN(c2cc3c(cc2F)c(=O)c(-c2noc(C#N)n2)cn3Cc2ccc(Cl)cc2)CC1. The summed E-state index contributed by atoms with van der Waals surface area (Å²) in [6, 6.07) is 12.1. The third-order valence-electron chi connectivity index (χ3n) is 6.02. The van der Waals surface area contributed by atoms with Gasteiger partial charge in [-0.25, -0.2) is 4.39 Å². The third kappa shape index (κ3) is 4.14. The number of nitrogens with zero attached hydrogens (tertiary/aromatic N) is 6. The maximum atomic E-state index is 15.3. The Bertz CT molecular complexity index is 1470. The number of piperazine rings is 1. The number of likely N-dealkylation sites (N-methyl/N-ethyl adjacent to an activating group) is 1. The van der Waals surface area contributed by atoms with Crippen LogP contribution in [0.3, 0.4) is 0 Å². The van der Waals surface area contributed by atoms with Crippen LogP contribution < -0.4 is 10.3 Å². The molecule has 2 aromatic carbocycles. The fraction of sp³-hybridized carbons (Fsp3) is 0.250. The minimum absolute atomic E-state index is 0.0168. The van der Waals surface area contributed by atoms with Crippen molar-refractivity contribution in [2.75, 3.05) is 38.1 Å². The van der Waals surface area contributed by atoms with Crippen molar-refractivity contribution >= 4 is 28.2 Å². The van der Waals surface area contributed by atoms with E-state index in [1.54, 1.807) is 30.5 Å². The van der Waals surface area contributed by atoms with Crippen molar-refractivity contribution in [1.29, 1.82) is 5.26 Å². The summed E-state index contributed by atoms with van der Waals surface area (Å²) in [5.74, 6) is -0.734. The van der Waals surface area contributed by atoms with Crippen molar-refractivity contribution in [2.45, 2.75) is 6.54 Å². The molecular weight excluding hydrogens is 459 g/mol. The summed E-state index contributed by atoms with van der Waals surface area (Å²) in [5, 5.41) is 13.6. The smallest absolute Gasteiger partial charge is 0.329 e. The molecule has 5 rings (SSSR count). The van der Waals surface area contributed by atoms with Crippen molar-refractivity contribution in [1.82, 2.24) is 19.6 Å². The summed E-state index contributed by atoms with van der Waals surface area (Å²) < 4.78 is 22.0. The second-order valence-electron chi connectivity index (χ2n) is 8.27. The normalized spacial score (nSPS) is 14.5. The maximum absolute atomic E-state index is 15.3. The highest BCUT2D eigenvalue weighted by atomic mass is 35.5. The predicted octanol–water partition coefficient (Wildman–Crippen LogP) is 3.52. The van der Waals surface area contributed by atoms with E-state index >= 15 is 4.39 Å². The number of nitriles is 1. The van der Waals surface area contributed by atoms with Crippen molar-refractivity contribution in [3.63, 3.8) is 0 Å². The number of fused-ring (bicyclic) bond motifs is 1. The first kappa shape index (κ1) is 22.1. The van der Waals surface area contributed by atoms with Gasteiger partial charge < -0.3 is 18.9 Å². The Balaban J connectivity index is 1.69. The van der Waals surface area contributed by atoms with Gasteiger partial charge in [0.25, 0.3) is 0 Å². The molecular formula is C24H20ClFN6O2. The lowest BCUT2D eigenvalue weighted by Gasteiger charge is -2.34. The molecule has 172 valence electrons. The first-order valence-corrected chi connectivity index (χ1v) is 11.1. The van der Waals surface area contributed by atoms with E-state index in [-0.39, 0.29) is 22.7 Å². The Labute approximate surface area is 199 Å². The summed E-state index contributed by atoms with van der Waals surface area (Å²) in [4.78, 5) is 21.5. The maximum Gasteiger partial charge on any atom is 0.329 e. The molecule has 0 N–H and O–H groups in total. The van der Waals surface area contributed by atoms with Gasteiger partial charge in [0.1, 0.15) is 5.82 Å². The molecule has 1 saturated heterocycles. The zero-order valence-corrected chi connectivity index (χ0v) is 19.1. The molecule has 0 amide bonds. The summed E-state index contributed by atoms with van der Waals surface area (Å²) in [7, 11) is 2.04. The summed E-state index contributed by atoms with van der Waals surface area (Å²) in [5.41, 5.74) is 1.68. The molecule has 0 saturated carbocycles. The Morgan fingerprint density at radius 1 is 1.18 bits per heavy atom. The van der Waals surface area contributed by atoms with Gasteiger partial charge in [-0.1, -0.05) is 28.9 Å². The molecule has 34 heavy (non-hydrogen) atoms. The van der Waals surface area contributed by atoms with E-state index in [2.05, 4.69) is 15.0 Å². The highest BCUT2D eigenvalue weighted by Crippen LogP contribution is 2.28. The van der Waals surface area contributed by atoms with Crippen LogP contribution in [0.1, 0.15) is 11.5 Å². The molecule has 4 aromatic rings. The predicted molar refractivity (Wildman–Crippen MR) is 126 cm³/mol. The number of aromatic nitrogens is 3. The van der Waals surface area contributed by atoms with Crippen molar-refractivity contribution in [3.8, 4) is 17.5 Å². The first-order valence-electron chi connectivity index (χ1n) is 10.7. The fourth-order valence-corrected chi connectivity index (χ4v) is 4.27. The van der Waals surface area contributed by atoms with Gasteiger partial charge >= 0.3 is 5.89 Å². The number of benzene rings is 2. The van der Waals surface area contributed by atoms with Crippen molar-refractivity contribution in [3.05, 3.63) is 75.1 Å². The second kappa shape index (κ2) is 8.89. The molecule has 0 aliphatic carbocycles. The van der Waals surface area contributed by atoms with Crippen LogP contribution in [0.15, 0.2) is 51.9 Å². The van der Waals surface area contributed by atoms with E-state index in [0.717, 1.165) is 18.7 Å². The molecule has 1 aliphatic rings. The largest absolute Gasteiger partial charge is 0.367 e. The topological polar surface area (TPSA) is 91.2 Å². The van der Waals surface area contributed by atoms with Crippen LogP contribution in [0.5, 0.6) is 0 Å². The van der Waals surface area contributed by atoms with Crippen molar-refractivity contribution in [2.24, 2.45) is 0 Å². The molecule has 0 bridgehead atoms. The number of anilines is 1. The van der Waals surface area contributed by atoms with E-state index in [0.29, 0.717) is 35.9 Å². The van der Waals surface area contributed by atoms with Gasteiger partial charge in [-0.15, -0.1) is 0 Å². The van der Waals surface area contributed by atoms with Crippen LogP contribution >= 0.6 is 11.6 Å². The highest BCUT2D eigenvalue weighted by Gasteiger charge is 2.22. The van der Waals surface area contributed by atoms with E-state index < -0.39 is 11.2 Å². The molecule has 8 nitrogen and oxygen atoms in total. The summed E-state index contributed by atoms with van der Waals surface area (Å²) in [6.07, 6.45) is 1.62. The highest BCUT2D eigenvalue weighted by molar-refractivity contribution is 6.30. The van der Waals surface area contributed by atoms with Gasteiger partial charge in [0, 0.05) is 49.3 Å². The van der Waals surface area contributed by atoms with E-state index in [1.807, 2.05) is 28.6 Å². The van der Waals surface area contributed by atoms with Crippen LogP contribution in [0.25, 0.3) is 22.3 Å². The molecule has 0 radical (unpaired) electrons. The number of hydrogen-bond donors (Lipinski definition) is 0. The molecule has 0 unspecified atom stereocenters. The van der Waals surface area contributed by atoms with Gasteiger partial charge in [0.05, 0.1) is 16.8 Å². The monoisotopic (exact) mass is 478 g/mol. The standard InChI is InChI=1S/C24H20ClFN6O2/c1-30-6-8-31(9-7-30)21-11-20-17(10-19(21)26)23(33)18(24-28-22(12-27)34-29-24)14-32(20)13-15-2-4-16(25)5-3-15/h2-5,10-11,14H,6-9,13H2,1H3. The molecule has 1 fully saturated rings. The zero-order chi connectivity index (χ0) is 23.8. The number of pyridine rings is 1. The minimum Gasteiger partial charge on any atom is -0.367 e.